The maximum absolute atomic E-state index is 12.2. The van der Waals surface area contributed by atoms with Crippen molar-refractivity contribution in [2.75, 3.05) is 11.5 Å². The van der Waals surface area contributed by atoms with Crippen molar-refractivity contribution >= 4 is 22.6 Å². The molecule has 4 N–H and O–H groups in total. The van der Waals surface area contributed by atoms with Gasteiger partial charge in [-0.25, -0.2) is 0 Å². The first-order chi connectivity index (χ1) is 7.68. The van der Waals surface area contributed by atoms with Crippen molar-refractivity contribution in [2.45, 2.75) is 30.6 Å². The fourth-order valence-corrected chi connectivity index (χ4v) is 3.12. The highest BCUT2D eigenvalue weighted by Crippen LogP contribution is 2.29. The molecule has 1 aromatic carbocycles. The smallest absolute Gasteiger partial charge is 0.160 e. The Bertz CT molecular complexity index is 417. The molecule has 1 aliphatic carbocycles. The molecule has 0 saturated heterocycles. The van der Waals surface area contributed by atoms with Gasteiger partial charge in [0.1, 0.15) is 4.91 Å². The van der Waals surface area contributed by atoms with E-state index in [1.54, 1.807) is 18.2 Å². The highest BCUT2D eigenvalue weighted by atomic mass is 32.2. The van der Waals surface area contributed by atoms with E-state index in [0.29, 0.717) is 11.4 Å². The second kappa shape index (κ2) is 4.80. The standard InChI is InChI=1S/C12H16N2OS/c13-11-7-6-10(8-12(11)14)16(15)9-4-2-1-3-5-9/h4,6-8H,1-3,5,13-14H2. The molecule has 0 fully saturated rings. The van der Waals surface area contributed by atoms with Crippen molar-refractivity contribution in [3.8, 4) is 0 Å². The van der Waals surface area contributed by atoms with E-state index in [0.717, 1.165) is 29.1 Å². The molecule has 2 rings (SSSR count). The molecule has 0 heterocycles. The Morgan fingerprint density at radius 2 is 1.94 bits per heavy atom. The molecule has 1 unspecified atom stereocenters. The molecule has 86 valence electrons. The molecule has 4 heteroatoms. The lowest BCUT2D eigenvalue weighted by Gasteiger charge is -2.16. The maximum atomic E-state index is 12.2. The fraction of sp³-hybridized carbons (Fsp3) is 0.333. The largest absolute Gasteiger partial charge is 0.607 e. The predicted molar refractivity (Wildman–Crippen MR) is 68.2 cm³/mol. The van der Waals surface area contributed by atoms with Crippen LogP contribution in [0.4, 0.5) is 11.4 Å². The summed E-state index contributed by atoms with van der Waals surface area (Å²) in [5.41, 5.74) is 12.4. The van der Waals surface area contributed by atoms with Crippen LogP contribution in [0.3, 0.4) is 0 Å². The van der Waals surface area contributed by atoms with Crippen LogP contribution >= 0.6 is 0 Å². The minimum atomic E-state index is -1.06. The van der Waals surface area contributed by atoms with Gasteiger partial charge >= 0.3 is 0 Å². The first-order valence-electron chi connectivity index (χ1n) is 5.44. The summed E-state index contributed by atoms with van der Waals surface area (Å²) in [7, 11) is 0. The average Bonchev–Trinajstić information content (AvgIpc) is 2.33. The van der Waals surface area contributed by atoms with Gasteiger partial charge in [0.05, 0.1) is 11.4 Å². The summed E-state index contributed by atoms with van der Waals surface area (Å²) in [6, 6.07) is 5.21. The lowest BCUT2D eigenvalue weighted by molar-refractivity contribution is 0.594. The Kier molecular flexibility index (Phi) is 3.41. The predicted octanol–water partition coefficient (Wildman–Crippen LogP) is 2.42. The summed E-state index contributed by atoms with van der Waals surface area (Å²) in [4.78, 5) is 1.77. The van der Waals surface area contributed by atoms with E-state index < -0.39 is 11.2 Å². The minimum absolute atomic E-state index is 0.502. The molecule has 0 aromatic heterocycles. The zero-order valence-electron chi connectivity index (χ0n) is 9.11. The number of hydrogen-bond donors (Lipinski definition) is 2. The van der Waals surface area contributed by atoms with Gasteiger partial charge in [0, 0.05) is 23.7 Å². The van der Waals surface area contributed by atoms with Crippen LogP contribution < -0.4 is 11.5 Å². The summed E-state index contributed by atoms with van der Waals surface area (Å²) in [6.07, 6.45) is 6.38. The van der Waals surface area contributed by atoms with Crippen LogP contribution in [0.2, 0.25) is 0 Å². The van der Waals surface area contributed by atoms with Crippen LogP contribution in [-0.2, 0) is 11.2 Å². The van der Waals surface area contributed by atoms with Gasteiger partial charge in [-0.15, -0.1) is 0 Å². The van der Waals surface area contributed by atoms with E-state index >= 15 is 0 Å². The summed E-state index contributed by atoms with van der Waals surface area (Å²) < 4.78 is 12.2. The van der Waals surface area contributed by atoms with Gasteiger partial charge in [-0.05, 0) is 37.5 Å². The van der Waals surface area contributed by atoms with Crippen molar-refractivity contribution in [2.24, 2.45) is 0 Å². The first-order valence-corrected chi connectivity index (χ1v) is 6.59. The summed E-state index contributed by atoms with van der Waals surface area (Å²) in [5.74, 6) is 0. The second-order valence-corrected chi connectivity index (χ2v) is 5.51. The van der Waals surface area contributed by atoms with Crippen LogP contribution in [0.5, 0.6) is 0 Å². The third-order valence-corrected chi connectivity index (χ3v) is 4.29. The molecule has 16 heavy (non-hydrogen) atoms. The fourth-order valence-electron chi connectivity index (χ4n) is 1.80. The van der Waals surface area contributed by atoms with Crippen LogP contribution in [0.25, 0.3) is 0 Å². The number of nitrogen functional groups attached to an aromatic ring is 2. The molecule has 3 nitrogen and oxygen atoms in total. The molecular formula is C12H16N2OS. The number of anilines is 2. The number of hydrogen-bond acceptors (Lipinski definition) is 3. The van der Waals surface area contributed by atoms with E-state index in [2.05, 4.69) is 6.08 Å². The average molecular weight is 236 g/mol. The Labute approximate surface area is 98.7 Å². The van der Waals surface area contributed by atoms with E-state index in [9.17, 15) is 4.55 Å². The van der Waals surface area contributed by atoms with E-state index in [1.807, 2.05) is 0 Å². The zero-order valence-corrected chi connectivity index (χ0v) is 9.93. The number of allylic oxidation sites excluding steroid dienone is 2. The van der Waals surface area contributed by atoms with Crippen LogP contribution in [0.1, 0.15) is 25.7 Å². The Balaban J connectivity index is 2.22. The molecule has 0 saturated carbocycles. The normalized spacial score (nSPS) is 17.9. The topological polar surface area (TPSA) is 75.1 Å². The Hall–Kier alpha value is -1.13. The van der Waals surface area contributed by atoms with E-state index in [-0.39, 0.29) is 0 Å². The monoisotopic (exact) mass is 236 g/mol. The van der Waals surface area contributed by atoms with Gasteiger partial charge in [0.25, 0.3) is 0 Å². The van der Waals surface area contributed by atoms with E-state index in [4.69, 9.17) is 11.5 Å². The third kappa shape index (κ3) is 2.33. The second-order valence-electron chi connectivity index (χ2n) is 3.98. The number of rotatable bonds is 2. The van der Waals surface area contributed by atoms with E-state index in [1.165, 1.54) is 6.42 Å². The van der Waals surface area contributed by atoms with Crippen molar-refractivity contribution in [1.82, 2.24) is 0 Å². The van der Waals surface area contributed by atoms with Crippen molar-refractivity contribution in [3.05, 3.63) is 29.2 Å². The third-order valence-electron chi connectivity index (χ3n) is 2.76. The molecule has 0 aliphatic heterocycles. The summed E-state index contributed by atoms with van der Waals surface area (Å²) in [6.45, 7) is 0. The molecule has 0 amide bonds. The van der Waals surface area contributed by atoms with Gasteiger partial charge in [0.2, 0.25) is 0 Å². The molecule has 0 spiro atoms. The van der Waals surface area contributed by atoms with Gasteiger partial charge in [-0.1, -0.05) is 0 Å². The van der Waals surface area contributed by atoms with Crippen LogP contribution in [0.15, 0.2) is 34.1 Å². The highest BCUT2D eigenvalue weighted by molar-refractivity contribution is 7.95. The highest BCUT2D eigenvalue weighted by Gasteiger charge is 2.20. The minimum Gasteiger partial charge on any atom is -0.607 e. The van der Waals surface area contributed by atoms with Crippen LogP contribution in [-0.4, -0.2) is 4.55 Å². The van der Waals surface area contributed by atoms with Crippen LogP contribution in [0, 0.1) is 0 Å². The summed E-state index contributed by atoms with van der Waals surface area (Å²) >= 11 is -1.06. The summed E-state index contributed by atoms with van der Waals surface area (Å²) in [5, 5.41) is 0. The lowest BCUT2D eigenvalue weighted by atomic mass is 10.1. The Morgan fingerprint density at radius 1 is 1.12 bits per heavy atom. The quantitative estimate of drug-likeness (QED) is 0.611. The molecule has 0 bridgehead atoms. The SMILES string of the molecule is Nc1ccc([S+]([O-])C2=CCCCC2)cc1N. The molecular weight excluding hydrogens is 220 g/mol. The molecule has 0 radical (unpaired) electrons. The van der Waals surface area contributed by atoms with Crippen molar-refractivity contribution < 1.29 is 4.55 Å². The van der Waals surface area contributed by atoms with Crippen molar-refractivity contribution in [1.29, 1.82) is 0 Å². The van der Waals surface area contributed by atoms with Gasteiger partial charge in [-0.3, -0.25) is 0 Å². The number of nitrogens with two attached hydrogens (primary N) is 2. The number of benzene rings is 1. The molecule has 1 aliphatic rings. The van der Waals surface area contributed by atoms with Crippen molar-refractivity contribution in [3.63, 3.8) is 0 Å². The first kappa shape index (κ1) is 11.4. The Morgan fingerprint density at radius 3 is 2.56 bits per heavy atom. The van der Waals surface area contributed by atoms with Gasteiger partial charge in [-0.2, -0.15) is 0 Å². The van der Waals surface area contributed by atoms with Gasteiger partial charge in [0.15, 0.2) is 4.90 Å². The lowest BCUT2D eigenvalue weighted by Crippen LogP contribution is -2.08. The van der Waals surface area contributed by atoms with Gasteiger partial charge < -0.3 is 16.0 Å². The zero-order chi connectivity index (χ0) is 11.5. The molecule has 1 aromatic rings. The molecule has 1 atom stereocenters. The maximum Gasteiger partial charge on any atom is 0.160 e.